The van der Waals surface area contributed by atoms with Crippen LogP contribution in [-0.2, 0) is 0 Å². The summed E-state index contributed by atoms with van der Waals surface area (Å²) in [7, 11) is 0. The van der Waals surface area contributed by atoms with Crippen LogP contribution in [-0.4, -0.2) is 9.97 Å². The van der Waals surface area contributed by atoms with Gasteiger partial charge in [0.25, 0.3) is 0 Å². The van der Waals surface area contributed by atoms with Crippen molar-refractivity contribution in [3.8, 4) is 22.6 Å². The summed E-state index contributed by atoms with van der Waals surface area (Å²) in [6.07, 6.45) is 1.77. The number of anilines is 1. The molecule has 2 N–H and O–H groups in total. The molecule has 0 bridgehead atoms. The van der Waals surface area contributed by atoms with Gasteiger partial charge in [-0.25, -0.2) is 9.97 Å². The summed E-state index contributed by atoms with van der Waals surface area (Å²) in [6.45, 7) is 0. The van der Waals surface area contributed by atoms with E-state index in [0.29, 0.717) is 11.5 Å². The summed E-state index contributed by atoms with van der Waals surface area (Å²) in [6, 6.07) is 17.5. The third-order valence-corrected chi connectivity index (χ3v) is 3.41. The third kappa shape index (κ3) is 2.70. The number of nitrogens with zero attached hydrogens (tertiary/aromatic N) is 2. The largest absolute Gasteiger partial charge is 0.399 e. The Hall–Kier alpha value is -2.20. The number of halogens is 1. The van der Waals surface area contributed by atoms with Gasteiger partial charge in [0.2, 0.25) is 0 Å². The van der Waals surface area contributed by atoms with E-state index in [1.165, 1.54) is 0 Å². The van der Waals surface area contributed by atoms with Crippen molar-refractivity contribution in [2.24, 2.45) is 0 Å². The van der Waals surface area contributed by atoms with Crippen LogP contribution >= 0.6 is 15.9 Å². The van der Waals surface area contributed by atoms with Crippen LogP contribution in [0.4, 0.5) is 5.69 Å². The summed E-state index contributed by atoms with van der Waals surface area (Å²) in [5.74, 6) is 0.676. The van der Waals surface area contributed by atoms with Gasteiger partial charge in [-0.2, -0.15) is 0 Å². The standard InChI is InChI=1S/C16H12BrN3/c17-13-5-1-3-11(9-13)15-7-8-19-16(20-15)12-4-2-6-14(18)10-12/h1-10H,18H2. The molecule has 4 heteroatoms. The predicted molar refractivity (Wildman–Crippen MR) is 85.0 cm³/mol. The molecule has 1 heterocycles. The molecule has 0 saturated heterocycles. The van der Waals surface area contributed by atoms with E-state index >= 15 is 0 Å². The molecule has 0 aliphatic heterocycles. The second-order valence-electron chi connectivity index (χ2n) is 4.40. The van der Waals surface area contributed by atoms with E-state index in [2.05, 4.69) is 25.9 Å². The van der Waals surface area contributed by atoms with E-state index in [-0.39, 0.29) is 0 Å². The van der Waals surface area contributed by atoms with Crippen LogP contribution in [0.3, 0.4) is 0 Å². The molecule has 0 aliphatic rings. The van der Waals surface area contributed by atoms with Gasteiger partial charge in [-0.15, -0.1) is 0 Å². The highest BCUT2D eigenvalue weighted by molar-refractivity contribution is 9.10. The van der Waals surface area contributed by atoms with E-state index < -0.39 is 0 Å². The van der Waals surface area contributed by atoms with Gasteiger partial charge < -0.3 is 5.73 Å². The lowest BCUT2D eigenvalue weighted by atomic mass is 10.1. The quantitative estimate of drug-likeness (QED) is 0.720. The Morgan fingerprint density at radius 1 is 0.900 bits per heavy atom. The first-order chi connectivity index (χ1) is 9.72. The molecule has 0 spiro atoms. The van der Waals surface area contributed by atoms with Gasteiger partial charge in [-0.05, 0) is 30.3 Å². The van der Waals surface area contributed by atoms with Crippen molar-refractivity contribution in [3.05, 3.63) is 65.3 Å². The van der Waals surface area contributed by atoms with Crippen molar-refractivity contribution in [1.29, 1.82) is 0 Å². The van der Waals surface area contributed by atoms with E-state index in [9.17, 15) is 0 Å². The minimum absolute atomic E-state index is 0.676. The maximum absolute atomic E-state index is 5.80. The van der Waals surface area contributed by atoms with Gasteiger partial charge in [-0.3, -0.25) is 0 Å². The van der Waals surface area contributed by atoms with E-state index in [1.54, 1.807) is 6.20 Å². The van der Waals surface area contributed by atoms with Gasteiger partial charge in [0, 0.05) is 27.5 Å². The molecule has 0 amide bonds. The number of hydrogen-bond acceptors (Lipinski definition) is 3. The second-order valence-corrected chi connectivity index (χ2v) is 5.32. The van der Waals surface area contributed by atoms with Crippen molar-refractivity contribution in [2.45, 2.75) is 0 Å². The number of rotatable bonds is 2. The van der Waals surface area contributed by atoms with Gasteiger partial charge in [0.15, 0.2) is 5.82 Å². The Bertz CT molecular complexity index is 695. The molecule has 0 saturated carbocycles. The monoisotopic (exact) mass is 325 g/mol. The third-order valence-electron chi connectivity index (χ3n) is 2.92. The van der Waals surface area contributed by atoms with Crippen molar-refractivity contribution in [3.63, 3.8) is 0 Å². The molecule has 0 fully saturated rings. The molecule has 3 rings (SSSR count). The van der Waals surface area contributed by atoms with Crippen LogP contribution in [0.15, 0.2) is 65.3 Å². The SMILES string of the molecule is Nc1cccc(-c2nccc(-c3cccc(Br)c3)n2)c1. The second kappa shape index (κ2) is 5.43. The zero-order chi connectivity index (χ0) is 13.9. The van der Waals surface area contributed by atoms with E-state index in [1.807, 2.05) is 54.6 Å². The molecule has 1 aromatic heterocycles. The zero-order valence-electron chi connectivity index (χ0n) is 10.6. The fraction of sp³-hybridized carbons (Fsp3) is 0. The molecule has 0 radical (unpaired) electrons. The highest BCUT2D eigenvalue weighted by Crippen LogP contribution is 2.24. The number of hydrogen-bond donors (Lipinski definition) is 1. The maximum atomic E-state index is 5.80. The molecular weight excluding hydrogens is 314 g/mol. The van der Waals surface area contributed by atoms with Crippen LogP contribution in [0.25, 0.3) is 22.6 Å². The average molecular weight is 326 g/mol. The van der Waals surface area contributed by atoms with Crippen molar-refractivity contribution < 1.29 is 0 Å². The molecule has 3 nitrogen and oxygen atoms in total. The van der Waals surface area contributed by atoms with Crippen LogP contribution in [0.2, 0.25) is 0 Å². The number of benzene rings is 2. The van der Waals surface area contributed by atoms with Crippen LogP contribution in [0.5, 0.6) is 0 Å². The van der Waals surface area contributed by atoms with Crippen LogP contribution in [0, 0.1) is 0 Å². The summed E-state index contributed by atoms with van der Waals surface area (Å²) in [5, 5.41) is 0. The number of nitrogens with two attached hydrogens (primary N) is 1. The summed E-state index contributed by atoms with van der Waals surface area (Å²) < 4.78 is 1.03. The van der Waals surface area contributed by atoms with Gasteiger partial charge in [0.05, 0.1) is 5.69 Å². The molecule has 0 atom stereocenters. The summed E-state index contributed by atoms with van der Waals surface area (Å²) >= 11 is 3.47. The van der Waals surface area contributed by atoms with Crippen molar-refractivity contribution >= 4 is 21.6 Å². The Balaban J connectivity index is 2.06. The molecule has 98 valence electrons. The minimum atomic E-state index is 0.676. The Morgan fingerprint density at radius 3 is 2.50 bits per heavy atom. The Morgan fingerprint density at radius 2 is 1.70 bits per heavy atom. The molecule has 0 aliphatic carbocycles. The molecule has 0 unspecified atom stereocenters. The number of aromatic nitrogens is 2. The number of nitrogen functional groups attached to an aromatic ring is 1. The first-order valence-corrected chi connectivity index (χ1v) is 6.96. The lowest BCUT2D eigenvalue weighted by molar-refractivity contribution is 1.18. The zero-order valence-corrected chi connectivity index (χ0v) is 12.2. The summed E-state index contributed by atoms with van der Waals surface area (Å²) in [4.78, 5) is 8.93. The first kappa shape index (κ1) is 12.8. The normalized spacial score (nSPS) is 10.4. The van der Waals surface area contributed by atoms with Crippen molar-refractivity contribution in [2.75, 3.05) is 5.73 Å². The van der Waals surface area contributed by atoms with Crippen molar-refractivity contribution in [1.82, 2.24) is 9.97 Å². The predicted octanol–water partition coefficient (Wildman–Crippen LogP) is 4.16. The minimum Gasteiger partial charge on any atom is -0.399 e. The highest BCUT2D eigenvalue weighted by Gasteiger charge is 2.05. The smallest absolute Gasteiger partial charge is 0.159 e. The lowest BCUT2D eigenvalue weighted by Gasteiger charge is -2.05. The molecular formula is C16H12BrN3. The van der Waals surface area contributed by atoms with Crippen LogP contribution in [0.1, 0.15) is 0 Å². The fourth-order valence-electron chi connectivity index (χ4n) is 1.98. The van der Waals surface area contributed by atoms with Gasteiger partial charge >= 0.3 is 0 Å². The Kier molecular flexibility index (Phi) is 3.48. The Labute approximate surface area is 125 Å². The van der Waals surface area contributed by atoms with Crippen LogP contribution < -0.4 is 5.73 Å². The molecule has 3 aromatic rings. The maximum Gasteiger partial charge on any atom is 0.159 e. The highest BCUT2D eigenvalue weighted by atomic mass is 79.9. The van der Waals surface area contributed by atoms with E-state index in [4.69, 9.17) is 5.73 Å². The molecule has 20 heavy (non-hydrogen) atoms. The van der Waals surface area contributed by atoms with Gasteiger partial charge in [0.1, 0.15) is 0 Å². The van der Waals surface area contributed by atoms with Gasteiger partial charge in [-0.1, -0.05) is 40.2 Å². The average Bonchev–Trinajstić information content (AvgIpc) is 2.47. The van der Waals surface area contributed by atoms with E-state index in [0.717, 1.165) is 21.3 Å². The molecule has 2 aromatic carbocycles. The fourth-order valence-corrected chi connectivity index (χ4v) is 2.38. The lowest BCUT2D eigenvalue weighted by Crippen LogP contribution is -1.92. The topological polar surface area (TPSA) is 51.8 Å². The summed E-state index contributed by atoms with van der Waals surface area (Å²) in [5.41, 5.74) is 9.36. The first-order valence-electron chi connectivity index (χ1n) is 6.17.